The molecule has 0 fully saturated rings. The first-order chi connectivity index (χ1) is 17.0. The number of nitrogens with one attached hydrogen (secondary N) is 1. The van der Waals surface area contributed by atoms with Gasteiger partial charge in [-0.3, -0.25) is 9.59 Å². The van der Waals surface area contributed by atoms with Crippen molar-refractivity contribution in [2.45, 2.75) is 25.9 Å². The van der Waals surface area contributed by atoms with Crippen molar-refractivity contribution in [3.05, 3.63) is 114 Å². The number of aryl methyl sites for hydroxylation is 1. The molecule has 35 heavy (non-hydrogen) atoms. The van der Waals surface area contributed by atoms with Crippen LogP contribution in [0.1, 0.15) is 16.7 Å². The van der Waals surface area contributed by atoms with Gasteiger partial charge >= 0.3 is 0 Å². The molecule has 0 heterocycles. The number of rotatable bonds is 9. The van der Waals surface area contributed by atoms with Gasteiger partial charge in [-0.25, -0.2) is 0 Å². The third kappa shape index (κ3) is 6.07. The normalized spacial score (nSPS) is 11.6. The van der Waals surface area contributed by atoms with Crippen LogP contribution in [0.2, 0.25) is 0 Å². The molecule has 0 aliphatic heterocycles. The van der Waals surface area contributed by atoms with Crippen LogP contribution in [0.15, 0.2) is 97.1 Å². The van der Waals surface area contributed by atoms with Crippen molar-refractivity contribution in [2.75, 3.05) is 13.7 Å². The van der Waals surface area contributed by atoms with Crippen LogP contribution in [0.25, 0.3) is 10.8 Å². The van der Waals surface area contributed by atoms with E-state index in [-0.39, 0.29) is 18.4 Å². The van der Waals surface area contributed by atoms with E-state index < -0.39 is 6.04 Å². The van der Waals surface area contributed by atoms with Crippen LogP contribution in [0.5, 0.6) is 5.75 Å². The Morgan fingerprint density at radius 1 is 0.829 bits per heavy atom. The molecule has 178 valence electrons. The summed E-state index contributed by atoms with van der Waals surface area (Å²) in [4.78, 5) is 28.2. The Bertz CT molecular complexity index is 1280. The number of benzene rings is 4. The van der Waals surface area contributed by atoms with E-state index in [1.165, 1.54) is 0 Å². The predicted octanol–water partition coefficient (Wildman–Crippen LogP) is 4.91. The molecule has 1 unspecified atom stereocenters. The Labute approximate surface area is 206 Å². The van der Waals surface area contributed by atoms with E-state index in [9.17, 15) is 9.59 Å². The molecule has 1 atom stereocenters. The predicted molar refractivity (Wildman–Crippen MR) is 139 cm³/mol. The van der Waals surface area contributed by atoms with Gasteiger partial charge in [0.25, 0.3) is 5.91 Å². The molecule has 0 aromatic heterocycles. The van der Waals surface area contributed by atoms with Gasteiger partial charge in [0.15, 0.2) is 6.61 Å². The molecule has 0 spiro atoms. The van der Waals surface area contributed by atoms with Crippen LogP contribution in [0.4, 0.5) is 0 Å². The fourth-order valence-electron chi connectivity index (χ4n) is 4.15. The number of carbonyl (C=O) groups is 2. The first kappa shape index (κ1) is 24.0. The molecular weight excluding hydrogens is 436 g/mol. The van der Waals surface area contributed by atoms with Crippen molar-refractivity contribution >= 4 is 22.6 Å². The molecule has 4 rings (SSSR count). The Hall–Kier alpha value is -4.12. The molecule has 0 saturated carbocycles. The number of hydrogen-bond donors (Lipinski definition) is 1. The lowest BCUT2D eigenvalue weighted by Crippen LogP contribution is -2.51. The number of carbonyl (C=O) groups excluding carboxylic acids is 2. The Morgan fingerprint density at radius 2 is 1.51 bits per heavy atom. The number of fused-ring (bicyclic) bond motifs is 1. The minimum atomic E-state index is -0.674. The third-order valence-electron chi connectivity index (χ3n) is 6.09. The van der Waals surface area contributed by atoms with Gasteiger partial charge in [-0.05, 0) is 29.5 Å². The minimum Gasteiger partial charge on any atom is -0.483 e. The van der Waals surface area contributed by atoms with Gasteiger partial charge in [0.05, 0.1) is 0 Å². The van der Waals surface area contributed by atoms with Gasteiger partial charge in [0, 0.05) is 25.4 Å². The monoisotopic (exact) mass is 466 g/mol. The summed E-state index contributed by atoms with van der Waals surface area (Å²) in [5.41, 5.74) is 3.08. The zero-order chi connectivity index (χ0) is 24.6. The lowest BCUT2D eigenvalue weighted by Gasteiger charge is -2.31. The summed E-state index contributed by atoms with van der Waals surface area (Å²) in [6.07, 6.45) is 0.409. The van der Waals surface area contributed by atoms with Crippen LogP contribution < -0.4 is 10.1 Å². The minimum absolute atomic E-state index is 0.165. The summed E-state index contributed by atoms with van der Waals surface area (Å²) >= 11 is 0. The molecule has 4 aromatic rings. The van der Waals surface area contributed by atoms with E-state index >= 15 is 0 Å². The second kappa shape index (κ2) is 11.3. The topological polar surface area (TPSA) is 58.6 Å². The molecule has 0 aliphatic carbocycles. The summed E-state index contributed by atoms with van der Waals surface area (Å²) < 4.78 is 6.01. The van der Waals surface area contributed by atoms with Crippen LogP contribution in [-0.2, 0) is 22.6 Å². The fraction of sp³-hybridized carbons (Fsp3) is 0.200. The zero-order valence-corrected chi connectivity index (χ0v) is 20.1. The number of likely N-dealkylation sites (N-methyl/N-ethyl adjacent to an activating group) is 1. The van der Waals surface area contributed by atoms with E-state index in [1.54, 1.807) is 11.9 Å². The number of ether oxygens (including phenoxy) is 1. The molecule has 0 saturated heterocycles. The SMILES string of the molecule is CNC(=O)C(Cc1ccccc1)N(Cc1ccc(C)cc1)C(=O)COc1cccc2ccccc12. The maximum absolute atomic E-state index is 13.6. The average molecular weight is 467 g/mol. The first-order valence-corrected chi connectivity index (χ1v) is 11.8. The molecule has 2 amide bonds. The highest BCUT2D eigenvalue weighted by atomic mass is 16.5. The largest absolute Gasteiger partial charge is 0.483 e. The number of hydrogen-bond acceptors (Lipinski definition) is 3. The molecule has 4 aromatic carbocycles. The Morgan fingerprint density at radius 3 is 2.26 bits per heavy atom. The van der Waals surface area contributed by atoms with Gasteiger partial charge < -0.3 is 15.0 Å². The zero-order valence-electron chi connectivity index (χ0n) is 20.1. The van der Waals surface area contributed by atoms with Gasteiger partial charge in [-0.1, -0.05) is 96.6 Å². The molecule has 1 N–H and O–H groups in total. The molecular formula is C30H30N2O3. The maximum atomic E-state index is 13.6. The van der Waals surface area contributed by atoms with E-state index in [4.69, 9.17) is 4.74 Å². The smallest absolute Gasteiger partial charge is 0.261 e. The van der Waals surface area contributed by atoms with Crippen LogP contribution in [0.3, 0.4) is 0 Å². The van der Waals surface area contributed by atoms with Gasteiger partial charge in [-0.15, -0.1) is 0 Å². The molecule has 0 bridgehead atoms. The van der Waals surface area contributed by atoms with Gasteiger partial charge in [-0.2, -0.15) is 0 Å². The second-order valence-electron chi connectivity index (χ2n) is 8.59. The highest BCUT2D eigenvalue weighted by Gasteiger charge is 2.30. The summed E-state index contributed by atoms with van der Waals surface area (Å²) in [6.45, 7) is 2.17. The quantitative estimate of drug-likeness (QED) is 0.381. The Balaban J connectivity index is 1.61. The van der Waals surface area contributed by atoms with E-state index in [0.29, 0.717) is 18.7 Å². The van der Waals surface area contributed by atoms with Crippen LogP contribution in [-0.4, -0.2) is 36.4 Å². The molecule has 5 heteroatoms. The van der Waals surface area contributed by atoms with E-state index in [0.717, 1.165) is 27.5 Å². The standard InChI is InChI=1S/C30H30N2O3/c1-22-15-17-24(18-16-22)20-32(27(30(34)31-2)19-23-9-4-3-5-10-23)29(33)21-35-28-14-8-12-25-11-6-7-13-26(25)28/h3-18,27H,19-21H2,1-2H3,(H,31,34). The fourth-order valence-corrected chi connectivity index (χ4v) is 4.15. The third-order valence-corrected chi connectivity index (χ3v) is 6.09. The van der Waals surface area contributed by atoms with Crippen molar-refractivity contribution in [3.8, 4) is 5.75 Å². The van der Waals surface area contributed by atoms with Crippen molar-refractivity contribution in [1.29, 1.82) is 0 Å². The first-order valence-electron chi connectivity index (χ1n) is 11.8. The van der Waals surface area contributed by atoms with Crippen molar-refractivity contribution in [2.24, 2.45) is 0 Å². The summed E-state index contributed by atoms with van der Waals surface area (Å²) in [5, 5.41) is 4.73. The molecule has 5 nitrogen and oxygen atoms in total. The van der Waals surface area contributed by atoms with Crippen LogP contribution in [0, 0.1) is 6.92 Å². The molecule has 0 radical (unpaired) electrons. The van der Waals surface area contributed by atoms with Crippen molar-refractivity contribution < 1.29 is 14.3 Å². The lowest BCUT2D eigenvalue weighted by atomic mass is 10.0. The van der Waals surface area contributed by atoms with Gasteiger partial charge in [0.2, 0.25) is 5.91 Å². The summed E-state index contributed by atoms with van der Waals surface area (Å²) in [6, 6.07) is 30.8. The lowest BCUT2D eigenvalue weighted by molar-refractivity contribution is -0.142. The Kier molecular flexibility index (Phi) is 7.78. The van der Waals surface area contributed by atoms with E-state index in [2.05, 4.69) is 5.32 Å². The number of nitrogens with zero attached hydrogens (tertiary/aromatic N) is 1. The van der Waals surface area contributed by atoms with E-state index in [1.807, 2.05) is 104 Å². The van der Waals surface area contributed by atoms with Crippen LogP contribution >= 0.6 is 0 Å². The van der Waals surface area contributed by atoms with Crippen molar-refractivity contribution in [3.63, 3.8) is 0 Å². The summed E-state index contributed by atoms with van der Waals surface area (Å²) in [5.74, 6) is 0.189. The molecule has 0 aliphatic rings. The van der Waals surface area contributed by atoms with Gasteiger partial charge in [0.1, 0.15) is 11.8 Å². The highest BCUT2D eigenvalue weighted by Crippen LogP contribution is 2.25. The highest BCUT2D eigenvalue weighted by molar-refractivity contribution is 5.90. The average Bonchev–Trinajstić information content (AvgIpc) is 2.90. The maximum Gasteiger partial charge on any atom is 0.261 e. The van der Waals surface area contributed by atoms with Crippen molar-refractivity contribution in [1.82, 2.24) is 10.2 Å². The summed E-state index contributed by atoms with van der Waals surface area (Å²) in [7, 11) is 1.60. The second-order valence-corrected chi connectivity index (χ2v) is 8.59. The number of amides is 2.